The summed E-state index contributed by atoms with van der Waals surface area (Å²) < 4.78 is 0. The summed E-state index contributed by atoms with van der Waals surface area (Å²) in [6, 6.07) is 0. The van der Waals surface area contributed by atoms with Gasteiger partial charge in [-0.3, -0.25) is 4.79 Å². The Morgan fingerprint density at radius 2 is 1.06 bits per heavy atom. The highest BCUT2D eigenvalue weighted by molar-refractivity contribution is 5.73. The van der Waals surface area contributed by atoms with Crippen molar-refractivity contribution in [2.45, 2.75) is 128 Å². The first kappa shape index (κ1) is 30.3. The van der Waals surface area contributed by atoms with Crippen molar-refractivity contribution in [1.82, 2.24) is 4.90 Å². The molecule has 0 rings (SSSR count). The van der Waals surface area contributed by atoms with Crippen LogP contribution in [0.4, 0.5) is 0 Å². The van der Waals surface area contributed by atoms with E-state index in [0.29, 0.717) is 6.54 Å². The number of unbranched alkanes of at least 4 members (excludes halogenated alkanes) is 13. The molecule has 0 aromatic heterocycles. The van der Waals surface area contributed by atoms with E-state index >= 15 is 0 Å². The summed E-state index contributed by atoms with van der Waals surface area (Å²) in [7, 11) is 0. The van der Waals surface area contributed by atoms with Gasteiger partial charge in [0, 0.05) is 20.0 Å². The number of hydrogen-bond acceptors (Lipinski definition) is 6. The quantitative estimate of drug-likeness (QED) is 0.173. The molecule has 5 N–H and O–H groups in total. The molecule has 0 unspecified atom stereocenters. The van der Waals surface area contributed by atoms with Crippen molar-refractivity contribution in [3.05, 3.63) is 0 Å². The lowest BCUT2D eigenvalue weighted by atomic mass is 10.0. The van der Waals surface area contributed by atoms with Crippen molar-refractivity contribution in [3.63, 3.8) is 0 Å². The zero-order valence-corrected chi connectivity index (χ0v) is 19.9. The SMILES string of the molecule is CCCCCCCCCCCCCCCCN(C[C@H](O)[C@@H](O)[C@H](O)[C@H](O)CO)C(C)=O. The Morgan fingerprint density at radius 1 is 0.677 bits per heavy atom. The summed E-state index contributed by atoms with van der Waals surface area (Å²) in [6.45, 7) is 3.29. The van der Waals surface area contributed by atoms with Gasteiger partial charge in [-0.25, -0.2) is 0 Å². The predicted molar refractivity (Wildman–Crippen MR) is 124 cm³/mol. The van der Waals surface area contributed by atoms with Gasteiger partial charge in [0.1, 0.15) is 24.4 Å². The zero-order valence-electron chi connectivity index (χ0n) is 19.9. The maximum absolute atomic E-state index is 11.8. The average molecular weight is 448 g/mol. The highest BCUT2D eigenvalue weighted by Gasteiger charge is 2.31. The summed E-state index contributed by atoms with van der Waals surface area (Å²) in [6.07, 6.45) is 11.3. The smallest absolute Gasteiger partial charge is 0.219 e. The number of carbonyl (C=O) groups excluding carboxylic acids is 1. The highest BCUT2D eigenvalue weighted by Crippen LogP contribution is 2.13. The second-order valence-electron chi connectivity index (χ2n) is 8.86. The number of aliphatic hydroxyl groups excluding tert-OH is 5. The van der Waals surface area contributed by atoms with E-state index < -0.39 is 31.0 Å². The van der Waals surface area contributed by atoms with Crippen molar-refractivity contribution in [3.8, 4) is 0 Å². The molecule has 1 amide bonds. The first-order chi connectivity index (χ1) is 14.8. The van der Waals surface area contributed by atoms with Crippen LogP contribution in [0.1, 0.15) is 104 Å². The number of aliphatic hydroxyl groups is 5. The fraction of sp³-hybridized carbons (Fsp3) is 0.958. The van der Waals surface area contributed by atoms with Crippen LogP contribution in [0.5, 0.6) is 0 Å². The molecule has 31 heavy (non-hydrogen) atoms. The van der Waals surface area contributed by atoms with Gasteiger partial charge in [0.05, 0.1) is 6.61 Å². The third kappa shape index (κ3) is 15.7. The van der Waals surface area contributed by atoms with Crippen LogP contribution in [0, 0.1) is 0 Å². The standard InChI is InChI=1S/C24H49NO6/c1-3-4-5-6-7-8-9-10-11-12-13-14-15-16-17-25(20(2)27)18-21(28)23(30)24(31)22(29)19-26/h21-24,26,28-31H,3-19H2,1-2H3/t21-,22+,23+,24+/m0/s1. The molecule has 0 heterocycles. The molecule has 0 saturated carbocycles. The normalized spacial score (nSPS) is 15.5. The van der Waals surface area contributed by atoms with Crippen LogP contribution < -0.4 is 0 Å². The first-order valence-corrected chi connectivity index (χ1v) is 12.4. The van der Waals surface area contributed by atoms with Crippen molar-refractivity contribution in [2.75, 3.05) is 19.7 Å². The van der Waals surface area contributed by atoms with Gasteiger partial charge in [0.2, 0.25) is 5.91 Å². The maximum atomic E-state index is 11.8. The van der Waals surface area contributed by atoms with Crippen molar-refractivity contribution < 1.29 is 30.3 Å². The molecular weight excluding hydrogens is 398 g/mol. The number of amides is 1. The molecule has 0 aliphatic rings. The molecule has 0 aromatic carbocycles. The molecule has 7 heteroatoms. The third-order valence-corrected chi connectivity index (χ3v) is 5.96. The predicted octanol–water partition coefficient (Wildman–Crippen LogP) is 2.75. The average Bonchev–Trinajstić information content (AvgIpc) is 2.76. The van der Waals surface area contributed by atoms with Gasteiger partial charge in [0.25, 0.3) is 0 Å². The summed E-state index contributed by atoms with van der Waals surface area (Å²) in [5.74, 6) is -0.210. The van der Waals surface area contributed by atoms with E-state index in [1.807, 2.05) is 0 Å². The largest absolute Gasteiger partial charge is 0.394 e. The lowest BCUT2D eigenvalue weighted by molar-refractivity contribution is -0.138. The van der Waals surface area contributed by atoms with Gasteiger partial charge >= 0.3 is 0 Å². The van der Waals surface area contributed by atoms with Gasteiger partial charge < -0.3 is 30.4 Å². The topological polar surface area (TPSA) is 121 Å². The van der Waals surface area contributed by atoms with Crippen LogP contribution in [0.3, 0.4) is 0 Å². The summed E-state index contributed by atoms with van der Waals surface area (Å²) >= 11 is 0. The second-order valence-corrected chi connectivity index (χ2v) is 8.86. The minimum absolute atomic E-state index is 0.121. The number of rotatable bonds is 21. The van der Waals surface area contributed by atoms with Gasteiger partial charge in [0.15, 0.2) is 0 Å². The molecule has 7 nitrogen and oxygen atoms in total. The van der Waals surface area contributed by atoms with Crippen LogP contribution in [0.15, 0.2) is 0 Å². The molecule has 0 aliphatic carbocycles. The Hall–Kier alpha value is -0.730. The van der Waals surface area contributed by atoms with Crippen molar-refractivity contribution >= 4 is 5.91 Å². The van der Waals surface area contributed by atoms with Crippen LogP contribution in [0.25, 0.3) is 0 Å². The Kier molecular flexibility index (Phi) is 19.4. The van der Waals surface area contributed by atoms with Crippen LogP contribution in [0.2, 0.25) is 0 Å². The molecule has 0 bridgehead atoms. The third-order valence-electron chi connectivity index (χ3n) is 5.96. The lowest BCUT2D eigenvalue weighted by Crippen LogP contribution is -2.50. The molecule has 0 spiro atoms. The Morgan fingerprint density at radius 3 is 1.45 bits per heavy atom. The Balaban J connectivity index is 3.81. The molecule has 0 saturated heterocycles. The van der Waals surface area contributed by atoms with E-state index in [2.05, 4.69) is 6.92 Å². The van der Waals surface area contributed by atoms with Crippen molar-refractivity contribution in [2.24, 2.45) is 0 Å². The first-order valence-electron chi connectivity index (χ1n) is 12.4. The minimum atomic E-state index is -1.67. The van der Waals surface area contributed by atoms with Crippen LogP contribution >= 0.6 is 0 Å². The molecule has 0 radical (unpaired) electrons. The fourth-order valence-electron chi connectivity index (χ4n) is 3.77. The molecular formula is C24H49NO6. The van der Waals surface area contributed by atoms with Gasteiger partial charge in [-0.1, -0.05) is 90.4 Å². The summed E-state index contributed by atoms with van der Waals surface area (Å²) in [5.41, 5.74) is 0. The Bertz CT molecular complexity index is 423. The molecule has 0 aromatic rings. The molecule has 186 valence electrons. The number of carbonyl (C=O) groups is 1. The van der Waals surface area contributed by atoms with Crippen molar-refractivity contribution in [1.29, 1.82) is 0 Å². The van der Waals surface area contributed by atoms with E-state index in [-0.39, 0.29) is 12.5 Å². The molecule has 0 fully saturated rings. The molecule has 0 aliphatic heterocycles. The van der Waals surface area contributed by atoms with E-state index in [1.165, 1.54) is 82.5 Å². The van der Waals surface area contributed by atoms with Crippen LogP contribution in [-0.2, 0) is 4.79 Å². The molecule has 4 atom stereocenters. The van der Waals surface area contributed by atoms with Crippen LogP contribution in [-0.4, -0.2) is 80.5 Å². The summed E-state index contributed by atoms with van der Waals surface area (Å²) in [4.78, 5) is 13.3. The van der Waals surface area contributed by atoms with E-state index in [1.54, 1.807) is 0 Å². The fourth-order valence-corrected chi connectivity index (χ4v) is 3.77. The second kappa shape index (κ2) is 19.9. The van der Waals surface area contributed by atoms with Gasteiger partial charge in [-0.15, -0.1) is 0 Å². The van der Waals surface area contributed by atoms with E-state index in [4.69, 9.17) is 5.11 Å². The maximum Gasteiger partial charge on any atom is 0.219 e. The highest BCUT2D eigenvalue weighted by atomic mass is 16.4. The lowest BCUT2D eigenvalue weighted by Gasteiger charge is -2.30. The number of hydrogen-bond donors (Lipinski definition) is 5. The Labute approximate surface area is 189 Å². The van der Waals surface area contributed by atoms with Gasteiger partial charge in [-0.05, 0) is 6.42 Å². The van der Waals surface area contributed by atoms with E-state index in [0.717, 1.165) is 19.3 Å². The summed E-state index contributed by atoms with van der Waals surface area (Å²) in [5, 5.41) is 47.9. The van der Waals surface area contributed by atoms with Gasteiger partial charge in [-0.2, -0.15) is 0 Å². The minimum Gasteiger partial charge on any atom is -0.394 e. The van der Waals surface area contributed by atoms with E-state index in [9.17, 15) is 25.2 Å². The zero-order chi connectivity index (χ0) is 23.5. The number of nitrogens with zero attached hydrogens (tertiary/aromatic N) is 1. The monoisotopic (exact) mass is 447 g/mol.